The molecule has 0 aliphatic carbocycles. The van der Waals surface area contributed by atoms with Gasteiger partial charge in [-0.05, 0) is 53.6 Å². The SMILES string of the molecule is Cc1ccc(C)c(-n2nnnc2SCCN2C(=O)c3ccccc3C2=O)c1. The van der Waals surface area contributed by atoms with Gasteiger partial charge in [-0.25, -0.2) is 0 Å². The molecule has 0 fully saturated rings. The third kappa shape index (κ3) is 3.12. The van der Waals surface area contributed by atoms with Gasteiger partial charge in [0.1, 0.15) is 0 Å². The number of thioether (sulfide) groups is 1. The number of imide groups is 1. The van der Waals surface area contributed by atoms with E-state index in [0.717, 1.165) is 16.8 Å². The summed E-state index contributed by atoms with van der Waals surface area (Å²) in [6.45, 7) is 4.32. The number of carbonyl (C=O) groups is 2. The lowest BCUT2D eigenvalue weighted by Gasteiger charge is -2.13. The second-order valence-corrected chi connectivity index (χ2v) is 7.38. The van der Waals surface area contributed by atoms with Crippen LogP contribution in [0.1, 0.15) is 31.8 Å². The van der Waals surface area contributed by atoms with Crippen LogP contribution in [0.4, 0.5) is 0 Å². The van der Waals surface area contributed by atoms with E-state index >= 15 is 0 Å². The Labute approximate surface area is 160 Å². The Morgan fingerprint density at radius 1 is 1.00 bits per heavy atom. The second-order valence-electron chi connectivity index (χ2n) is 6.32. The molecule has 7 nitrogen and oxygen atoms in total. The fourth-order valence-corrected chi connectivity index (χ4v) is 3.85. The molecule has 0 saturated heterocycles. The predicted octanol–water partition coefficient (Wildman–Crippen LogP) is 2.67. The van der Waals surface area contributed by atoms with Gasteiger partial charge in [-0.3, -0.25) is 14.5 Å². The van der Waals surface area contributed by atoms with Gasteiger partial charge in [-0.2, -0.15) is 4.68 Å². The van der Waals surface area contributed by atoms with Crippen molar-refractivity contribution in [2.75, 3.05) is 12.3 Å². The van der Waals surface area contributed by atoms with E-state index in [4.69, 9.17) is 0 Å². The zero-order chi connectivity index (χ0) is 19.0. The van der Waals surface area contributed by atoms with Crippen molar-refractivity contribution >= 4 is 23.6 Å². The maximum atomic E-state index is 12.4. The molecule has 2 amide bonds. The third-order valence-electron chi connectivity index (χ3n) is 4.46. The maximum Gasteiger partial charge on any atom is 0.261 e. The molecule has 1 aliphatic rings. The number of hydrogen-bond acceptors (Lipinski definition) is 6. The summed E-state index contributed by atoms with van der Waals surface area (Å²) in [7, 11) is 0. The topological polar surface area (TPSA) is 81.0 Å². The van der Waals surface area contributed by atoms with Gasteiger partial charge in [0.2, 0.25) is 5.16 Å². The number of hydrogen-bond donors (Lipinski definition) is 0. The molecule has 0 radical (unpaired) electrons. The number of amides is 2. The van der Waals surface area contributed by atoms with Crippen molar-refractivity contribution in [1.82, 2.24) is 25.1 Å². The van der Waals surface area contributed by atoms with Crippen molar-refractivity contribution in [3.05, 3.63) is 64.7 Å². The molecule has 0 spiro atoms. The van der Waals surface area contributed by atoms with Crippen LogP contribution in [0.5, 0.6) is 0 Å². The second kappa shape index (κ2) is 6.96. The van der Waals surface area contributed by atoms with Gasteiger partial charge in [-0.15, -0.1) is 5.10 Å². The lowest BCUT2D eigenvalue weighted by atomic mass is 10.1. The highest BCUT2D eigenvalue weighted by Gasteiger charge is 2.34. The highest BCUT2D eigenvalue weighted by molar-refractivity contribution is 7.99. The highest BCUT2D eigenvalue weighted by Crippen LogP contribution is 2.25. The standard InChI is InChI=1S/C19H17N5O2S/c1-12-7-8-13(2)16(11-12)24-19(20-21-22-24)27-10-9-23-17(25)14-5-3-4-6-15(14)18(23)26/h3-8,11H,9-10H2,1-2H3. The van der Waals surface area contributed by atoms with Crippen molar-refractivity contribution in [1.29, 1.82) is 0 Å². The number of carbonyl (C=O) groups excluding carboxylic acids is 2. The van der Waals surface area contributed by atoms with E-state index in [1.165, 1.54) is 16.7 Å². The van der Waals surface area contributed by atoms with Gasteiger partial charge >= 0.3 is 0 Å². The molecule has 0 atom stereocenters. The average molecular weight is 379 g/mol. The first-order valence-corrected chi connectivity index (χ1v) is 9.49. The third-order valence-corrected chi connectivity index (χ3v) is 5.36. The molecule has 1 aromatic heterocycles. The first kappa shape index (κ1) is 17.4. The van der Waals surface area contributed by atoms with Crippen molar-refractivity contribution in [3.8, 4) is 5.69 Å². The lowest BCUT2D eigenvalue weighted by Crippen LogP contribution is -2.31. The highest BCUT2D eigenvalue weighted by atomic mass is 32.2. The Hall–Kier alpha value is -3.00. The van der Waals surface area contributed by atoms with Crippen LogP contribution in [0.2, 0.25) is 0 Å². The minimum absolute atomic E-state index is 0.245. The number of nitrogens with zero attached hydrogens (tertiary/aromatic N) is 5. The van der Waals surface area contributed by atoms with Gasteiger partial charge in [0.15, 0.2) is 0 Å². The molecule has 8 heteroatoms. The first-order chi connectivity index (χ1) is 13.1. The summed E-state index contributed by atoms with van der Waals surface area (Å²) in [5, 5.41) is 12.6. The fourth-order valence-electron chi connectivity index (χ4n) is 3.04. The van der Waals surface area contributed by atoms with Gasteiger partial charge in [0.25, 0.3) is 11.8 Å². The monoisotopic (exact) mass is 379 g/mol. The number of rotatable bonds is 5. The normalized spacial score (nSPS) is 13.3. The number of fused-ring (bicyclic) bond motifs is 1. The van der Waals surface area contributed by atoms with E-state index in [2.05, 4.69) is 15.5 Å². The number of aromatic nitrogens is 4. The zero-order valence-electron chi connectivity index (χ0n) is 14.9. The average Bonchev–Trinajstić information content (AvgIpc) is 3.23. The van der Waals surface area contributed by atoms with E-state index < -0.39 is 0 Å². The molecule has 3 aromatic rings. The summed E-state index contributed by atoms with van der Waals surface area (Å²) in [5.41, 5.74) is 4.03. The molecule has 0 N–H and O–H groups in total. The first-order valence-electron chi connectivity index (χ1n) is 8.50. The van der Waals surface area contributed by atoms with E-state index in [0.29, 0.717) is 28.6 Å². The smallest absolute Gasteiger partial charge is 0.261 e. The molecular formula is C19H17N5O2S. The van der Waals surface area contributed by atoms with Crippen LogP contribution < -0.4 is 0 Å². The van der Waals surface area contributed by atoms with E-state index in [1.54, 1.807) is 28.9 Å². The van der Waals surface area contributed by atoms with Crippen molar-refractivity contribution in [2.24, 2.45) is 0 Å². The summed E-state index contributed by atoms with van der Waals surface area (Å²) in [6.07, 6.45) is 0. The fraction of sp³-hybridized carbons (Fsp3) is 0.211. The number of aryl methyl sites for hydroxylation is 2. The van der Waals surface area contributed by atoms with Crippen LogP contribution in [0, 0.1) is 13.8 Å². The van der Waals surface area contributed by atoms with Crippen LogP contribution in [0.15, 0.2) is 47.6 Å². The Bertz CT molecular complexity index is 1010. The maximum absolute atomic E-state index is 12.4. The van der Waals surface area contributed by atoms with E-state index in [1.807, 2.05) is 32.0 Å². The summed E-state index contributed by atoms with van der Waals surface area (Å²) in [4.78, 5) is 26.1. The molecule has 0 bridgehead atoms. The van der Waals surface area contributed by atoms with E-state index in [9.17, 15) is 9.59 Å². The Kier molecular flexibility index (Phi) is 4.49. The molecule has 27 heavy (non-hydrogen) atoms. The zero-order valence-corrected chi connectivity index (χ0v) is 15.7. The minimum atomic E-state index is -0.245. The van der Waals surface area contributed by atoms with Gasteiger partial charge in [0.05, 0.1) is 16.8 Å². The molecular weight excluding hydrogens is 362 g/mol. The quantitative estimate of drug-likeness (QED) is 0.501. The van der Waals surface area contributed by atoms with Gasteiger partial charge in [-0.1, -0.05) is 36.0 Å². The van der Waals surface area contributed by atoms with Crippen molar-refractivity contribution < 1.29 is 9.59 Å². The molecule has 1 aliphatic heterocycles. The Balaban J connectivity index is 1.47. The lowest BCUT2D eigenvalue weighted by molar-refractivity contribution is 0.0664. The van der Waals surface area contributed by atoms with Gasteiger partial charge < -0.3 is 0 Å². The summed E-state index contributed by atoms with van der Waals surface area (Å²) in [6, 6.07) is 13.0. The Morgan fingerprint density at radius 2 is 1.70 bits per heavy atom. The van der Waals surface area contributed by atoms with Crippen LogP contribution in [0.3, 0.4) is 0 Å². The largest absolute Gasteiger partial charge is 0.273 e. The molecule has 2 aromatic carbocycles. The molecule has 4 rings (SSSR count). The number of benzene rings is 2. The van der Waals surface area contributed by atoms with Gasteiger partial charge in [0, 0.05) is 12.3 Å². The van der Waals surface area contributed by atoms with E-state index in [-0.39, 0.29) is 11.8 Å². The summed E-state index contributed by atoms with van der Waals surface area (Å²) in [5.74, 6) is 0.0205. The predicted molar refractivity (Wildman–Crippen MR) is 101 cm³/mol. The molecule has 0 saturated carbocycles. The Morgan fingerprint density at radius 3 is 2.41 bits per heavy atom. The summed E-state index contributed by atoms with van der Waals surface area (Å²) < 4.78 is 1.69. The molecule has 0 unspecified atom stereocenters. The summed E-state index contributed by atoms with van der Waals surface area (Å²) >= 11 is 1.41. The van der Waals surface area contributed by atoms with Crippen molar-refractivity contribution in [3.63, 3.8) is 0 Å². The number of tetrazole rings is 1. The molecule has 136 valence electrons. The molecule has 2 heterocycles. The van der Waals surface area contributed by atoms with Crippen LogP contribution in [-0.2, 0) is 0 Å². The van der Waals surface area contributed by atoms with Crippen molar-refractivity contribution in [2.45, 2.75) is 19.0 Å². The van der Waals surface area contributed by atoms with Crippen LogP contribution >= 0.6 is 11.8 Å². The van der Waals surface area contributed by atoms with Crippen LogP contribution in [0.25, 0.3) is 5.69 Å². The minimum Gasteiger partial charge on any atom is -0.273 e. The van der Waals surface area contributed by atoms with Crippen LogP contribution in [-0.4, -0.2) is 49.2 Å².